The van der Waals surface area contributed by atoms with Gasteiger partial charge >= 0.3 is 0 Å². The molecule has 17 heavy (non-hydrogen) atoms. The maximum atomic E-state index is 3.52. The van der Waals surface area contributed by atoms with Crippen LogP contribution >= 0.6 is 27.7 Å². The number of rotatable bonds is 1. The van der Waals surface area contributed by atoms with E-state index in [9.17, 15) is 0 Å². The zero-order valence-corrected chi connectivity index (χ0v) is 11.6. The second kappa shape index (κ2) is 4.71. The minimum absolute atomic E-state index is 0.899. The summed E-state index contributed by atoms with van der Waals surface area (Å²) < 4.78 is 0. The standard InChI is InChI=1S/C15H11BrS/c16-10-11-7-8-17-15-13(9-11)6-5-12-3-1-2-4-14(12)15/h1-9H,10H2. The van der Waals surface area contributed by atoms with Crippen LogP contribution in [0.4, 0.5) is 0 Å². The van der Waals surface area contributed by atoms with E-state index in [-0.39, 0.29) is 0 Å². The van der Waals surface area contributed by atoms with Gasteiger partial charge in [-0.15, -0.1) is 0 Å². The van der Waals surface area contributed by atoms with E-state index in [1.165, 1.54) is 26.8 Å². The quantitative estimate of drug-likeness (QED) is 0.649. The average molecular weight is 303 g/mol. The fraction of sp³-hybridized carbons (Fsp3) is 0.0667. The normalized spacial score (nSPS) is 14.3. The van der Waals surface area contributed by atoms with Crippen molar-refractivity contribution in [2.45, 2.75) is 4.90 Å². The van der Waals surface area contributed by atoms with Gasteiger partial charge in [-0.05, 0) is 33.4 Å². The van der Waals surface area contributed by atoms with Crippen LogP contribution in [-0.2, 0) is 0 Å². The minimum atomic E-state index is 0.899. The zero-order valence-electron chi connectivity index (χ0n) is 9.19. The van der Waals surface area contributed by atoms with E-state index in [2.05, 4.69) is 69.9 Å². The number of allylic oxidation sites excluding steroid dienone is 2. The van der Waals surface area contributed by atoms with Crippen LogP contribution in [0.25, 0.3) is 16.8 Å². The van der Waals surface area contributed by atoms with Crippen molar-refractivity contribution in [1.29, 1.82) is 0 Å². The van der Waals surface area contributed by atoms with Crippen LogP contribution in [0.15, 0.2) is 58.4 Å². The van der Waals surface area contributed by atoms with Gasteiger partial charge in [-0.1, -0.05) is 70.2 Å². The average Bonchev–Trinajstić information content (AvgIpc) is 2.60. The van der Waals surface area contributed by atoms with E-state index in [0.29, 0.717) is 0 Å². The van der Waals surface area contributed by atoms with Crippen LogP contribution in [0, 0.1) is 0 Å². The van der Waals surface area contributed by atoms with E-state index in [4.69, 9.17) is 0 Å². The van der Waals surface area contributed by atoms with E-state index < -0.39 is 0 Å². The largest absolute Gasteiger partial charge is 0.0968 e. The van der Waals surface area contributed by atoms with Crippen LogP contribution < -0.4 is 0 Å². The maximum absolute atomic E-state index is 3.52. The lowest BCUT2D eigenvalue weighted by Crippen LogP contribution is -1.83. The van der Waals surface area contributed by atoms with Crippen molar-refractivity contribution < 1.29 is 0 Å². The third-order valence-electron chi connectivity index (χ3n) is 2.87. The first-order valence-electron chi connectivity index (χ1n) is 5.50. The predicted molar refractivity (Wildman–Crippen MR) is 80.7 cm³/mol. The van der Waals surface area contributed by atoms with E-state index in [0.717, 1.165) is 5.33 Å². The molecule has 0 radical (unpaired) electrons. The summed E-state index contributed by atoms with van der Waals surface area (Å²) in [6.07, 6.45) is 4.43. The van der Waals surface area contributed by atoms with Crippen LogP contribution in [-0.4, -0.2) is 5.33 Å². The molecular weight excluding hydrogens is 292 g/mol. The van der Waals surface area contributed by atoms with Crippen LogP contribution in [0.1, 0.15) is 5.56 Å². The fourth-order valence-corrected chi connectivity index (χ4v) is 3.33. The highest BCUT2D eigenvalue weighted by molar-refractivity contribution is 9.09. The highest BCUT2D eigenvalue weighted by atomic mass is 79.9. The van der Waals surface area contributed by atoms with Crippen LogP contribution in [0.2, 0.25) is 0 Å². The van der Waals surface area contributed by atoms with E-state index in [1.807, 2.05) is 0 Å². The molecule has 84 valence electrons. The molecule has 0 saturated carbocycles. The summed E-state index contributed by atoms with van der Waals surface area (Å²) in [5.74, 6) is 0. The second-order valence-corrected chi connectivity index (χ2v) is 5.46. The van der Waals surface area contributed by atoms with Gasteiger partial charge in [-0.25, -0.2) is 0 Å². The summed E-state index contributed by atoms with van der Waals surface area (Å²) in [7, 11) is 0. The lowest BCUT2D eigenvalue weighted by atomic mass is 10.1. The molecule has 2 aromatic rings. The summed E-state index contributed by atoms with van der Waals surface area (Å²) in [6, 6.07) is 13.0. The number of hydrogen-bond donors (Lipinski definition) is 0. The molecule has 0 atom stereocenters. The van der Waals surface area contributed by atoms with Gasteiger partial charge in [-0.3, -0.25) is 0 Å². The number of benzene rings is 2. The molecular formula is C15H11BrS. The molecule has 0 N–H and O–H groups in total. The number of fused-ring (bicyclic) bond motifs is 3. The molecule has 3 rings (SSSR count). The second-order valence-electron chi connectivity index (χ2n) is 3.98. The van der Waals surface area contributed by atoms with Crippen LogP contribution in [0.5, 0.6) is 0 Å². The minimum Gasteiger partial charge on any atom is -0.0968 e. The van der Waals surface area contributed by atoms with E-state index >= 15 is 0 Å². The Morgan fingerprint density at radius 2 is 1.94 bits per heavy atom. The Hall–Kier alpha value is -0.990. The molecule has 1 heterocycles. The summed E-state index contributed by atoms with van der Waals surface area (Å²) in [5.41, 5.74) is 2.62. The van der Waals surface area contributed by atoms with Gasteiger partial charge in [0.2, 0.25) is 0 Å². The Morgan fingerprint density at radius 1 is 1.06 bits per heavy atom. The lowest BCUT2D eigenvalue weighted by Gasteiger charge is -2.07. The van der Waals surface area contributed by atoms with Crippen molar-refractivity contribution in [2.24, 2.45) is 0 Å². The molecule has 0 fully saturated rings. The van der Waals surface area contributed by atoms with Crippen molar-refractivity contribution >= 4 is 44.5 Å². The first-order chi connectivity index (χ1) is 8.38. The molecule has 1 aliphatic heterocycles. The molecule has 2 aromatic carbocycles. The number of alkyl halides is 1. The topological polar surface area (TPSA) is 0 Å². The third-order valence-corrected chi connectivity index (χ3v) is 4.48. The third kappa shape index (κ3) is 2.07. The summed E-state index contributed by atoms with van der Waals surface area (Å²) >= 11 is 5.32. The van der Waals surface area contributed by atoms with Gasteiger partial charge in [0.1, 0.15) is 0 Å². The summed E-state index contributed by atoms with van der Waals surface area (Å²) in [6.45, 7) is 0. The van der Waals surface area contributed by atoms with Crippen molar-refractivity contribution in [1.82, 2.24) is 0 Å². The number of hydrogen-bond acceptors (Lipinski definition) is 1. The van der Waals surface area contributed by atoms with Gasteiger partial charge in [0.05, 0.1) is 0 Å². The highest BCUT2D eigenvalue weighted by Gasteiger charge is 2.08. The Morgan fingerprint density at radius 3 is 2.82 bits per heavy atom. The fourth-order valence-electron chi connectivity index (χ4n) is 2.03. The first-order valence-corrected chi connectivity index (χ1v) is 7.50. The molecule has 0 saturated heterocycles. The van der Waals surface area contributed by atoms with E-state index in [1.54, 1.807) is 11.8 Å². The smallest absolute Gasteiger partial charge is 0.0283 e. The molecule has 0 amide bonds. The summed E-state index contributed by atoms with van der Waals surface area (Å²) in [4.78, 5) is 1.36. The van der Waals surface area contributed by atoms with Gasteiger partial charge in [0.25, 0.3) is 0 Å². The van der Waals surface area contributed by atoms with Gasteiger partial charge in [-0.2, -0.15) is 0 Å². The van der Waals surface area contributed by atoms with Crippen LogP contribution in [0.3, 0.4) is 0 Å². The Balaban J connectivity index is 2.28. The van der Waals surface area contributed by atoms with Crippen molar-refractivity contribution in [2.75, 3.05) is 5.33 Å². The summed E-state index contributed by atoms with van der Waals surface area (Å²) in [5, 5.41) is 5.72. The molecule has 0 unspecified atom stereocenters. The molecule has 0 nitrogen and oxygen atoms in total. The first kappa shape index (κ1) is 11.1. The Labute approximate surface area is 114 Å². The lowest BCUT2D eigenvalue weighted by molar-refractivity contribution is 1.49. The molecule has 0 bridgehead atoms. The Bertz CT molecular complexity index is 626. The van der Waals surface area contributed by atoms with Crippen molar-refractivity contribution in [3.63, 3.8) is 0 Å². The maximum Gasteiger partial charge on any atom is 0.0283 e. The van der Waals surface area contributed by atoms with Crippen molar-refractivity contribution in [3.8, 4) is 0 Å². The van der Waals surface area contributed by atoms with Gasteiger partial charge in [0.15, 0.2) is 0 Å². The van der Waals surface area contributed by atoms with Gasteiger partial charge < -0.3 is 0 Å². The molecule has 2 heteroatoms. The Kier molecular flexibility index (Phi) is 3.08. The molecule has 0 spiro atoms. The monoisotopic (exact) mass is 302 g/mol. The molecule has 1 aliphatic rings. The molecule has 0 aliphatic carbocycles. The number of thioether (sulfide) groups is 1. The highest BCUT2D eigenvalue weighted by Crippen LogP contribution is 2.35. The SMILES string of the molecule is BrCC1=Cc2ccc3ccccc3c2SC=C1. The van der Waals surface area contributed by atoms with Gasteiger partial charge in [0, 0.05) is 10.2 Å². The number of halogens is 1. The van der Waals surface area contributed by atoms with Crippen molar-refractivity contribution in [3.05, 3.63) is 59.0 Å². The zero-order chi connectivity index (χ0) is 11.7. The molecule has 0 aromatic heterocycles. The predicted octanol–water partition coefficient (Wildman–Crippen LogP) is 5.24.